The molecule has 0 atom stereocenters. The van der Waals surface area contributed by atoms with Crippen LogP contribution in [-0.4, -0.2) is 25.5 Å². The van der Waals surface area contributed by atoms with E-state index in [0.717, 1.165) is 12.3 Å². The monoisotopic (exact) mass is 158 g/mol. The number of carbonyl (C=O) groups is 2. The molecular formula is C7H10O4. The Labute approximate surface area is 64.8 Å². The highest BCUT2D eigenvalue weighted by atomic mass is 16.5. The van der Waals surface area contributed by atoms with E-state index in [-0.39, 0.29) is 6.61 Å². The van der Waals surface area contributed by atoms with Gasteiger partial charge in [-0.05, 0) is 6.92 Å². The predicted octanol–water partition coefficient (Wildman–Crippen LogP) is 0.279. The normalized spacial score (nSPS) is 9.64. The second-order valence-corrected chi connectivity index (χ2v) is 1.62. The van der Waals surface area contributed by atoms with Crippen molar-refractivity contribution in [2.75, 3.05) is 13.7 Å². The van der Waals surface area contributed by atoms with Crippen molar-refractivity contribution < 1.29 is 19.1 Å². The van der Waals surface area contributed by atoms with Crippen molar-refractivity contribution in [3.05, 3.63) is 12.3 Å². The molecule has 4 nitrogen and oxygen atoms in total. The quantitative estimate of drug-likeness (QED) is 0.255. The van der Waals surface area contributed by atoms with E-state index in [1.54, 1.807) is 6.92 Å². The van der Waals surface area contributed by atoms with Gasteiger partial charge in [0.25, 0.3) is 5.78 Å². The molecule has 0 radical (unpaired) electrons. The first-order valence-electron chi connectivity index (χ1n) is 3.12. The Morgan fingerprint density at radius 3 is 2.55 bits per heavy atom. The van der Waals surface area contributed by atoms with Crippen LogP contribution in [0.3, 0.4) is 0 Å². The third-order valence-electron chi connectivity index (χ3n) is 0.832. The van der Waals surface area contributed by atoms with Crippen LogP contribution in [-0.2, 0) is 19.1 Å². The van der Waals surface area contributed by atoms with Gasteiger partial charge >= 0.3 is 5.97 Å². The van der Waals surface area contributed by atoms with E-state index < -0.39 is 11.8 Å². The van der Waals surface area contributed by atoms with Gasteiger partial charge < -0.3 is 9.47 Å². The maximum Gasteiger partial charge on any atom is 0.379 e. The molecule has 0 amide bonds. The highest BCUT2D eigenvalue weighted by molar-refractivity contribution is 6.38. The van der Waals surface area contributed by atoms with Crippen LogP contribution >= 0.6 is 0 Å². The number of ether oxygens (including phenoxy) is 2. The fraction of sp³-hybridized carbons (Fsp3) is 0.429. The summed E-state index contributed by atoms with van der Waals surface area (Å²) in [6.45, 7) is 1.83. The molecule has 0 saturated carbocycles. The van der Waals surface area contributed by atoms with Crippen molar-refractivity contribution in [2.24, 2.45) is 0 Å². The van der Waals surface area contributed by atoms with Gasteiger partial charge in [0.05, 0.1) is 20.0 Å². The van der Waals surface area contributed by atoms with Gasteiger partial charge in [0.15, 0.2) is 0 Å². The van der Waals surface area contributed by atoms with Crippen molar-refractivity contribution in [3.63, 3.8) is 0 Å². The van der Waals surface area contributed by atoms with E-state index in [4.69, 9.17) is 0 Å². The maximum absolute atomic E-state index is 10.7. The van der Waals surface area contributed by atoms with Crippen LogP contribution in [0.1, 0.15) is 6.92 Å². The zero-order valence-electron chi connectivity index (χ0n) is 6.49. The van der Waals surface area contributed by atoms with Crippen molar-refractivity contribution >= 4 is 11.8 Å². The number of rotatable bonds is 4. The number of ketones is 1. The Morgan fingerprint density at radius 1 is 1.45 bits per heavy atom. The molecule has 0 bridgehead atoms. The van der Waals surface area contributed by atoms with Gasteiger partial charge in [-0.2, -0.15) is 0 Å². The third-order valence-corrected chi connectivity index (χ3v) is 0.832. The molecule has 0 heterocycles. The zero-order chi connectivity index (χ0) is 8.69. The molecule has 0 rings (SSSR count). The number of esters is 1. The predicted molar refractivity (Wildman–Crippen MR) is 37.8 cm³/mol. The highest BCUT2D eigenvalue weighted by Crippen LogP contribution is 1.83. The molecule has 0 fully saturated rings. The molecule has 0 aromatic rings. The Bertz CT molecular complexity index is 171. The fourth-order valence-corrected chi connectivity index (χ4v) is 0.400. The number of hydrogen-bond donors (Lipinski definition) is 0. The second-order valence-electron chi connectivity index (χ2n) is 1.62. The summed E-state index contributed by atoms with van der Waals surface area (Å²) in [4.78, 5) is 21.2. The minimum Gasteiger partial charge on any atom is -0.504 e. The van der Waals surface area contributed by atoms with E-state index in [9.17, 15) is 9.59 Å². The third kappa shape index (κ3) is 4.13. The Balaban J connectivity index is 3.83. The Hall–Kier alpha value is -1.32. The number of carbonyl (C=O) groups excluding carboxylic acids is 2. The molecule has 11 heavy (non-hydrogen) atoms. The summed E-state index contributed by atoms with van der Waals surface area (Å²) in [5.41, 5.74) is 0. The van der Waals surface area contributed by atoms with Gasteiger partial charge in [-0.1, -0.05) is 0 Å². The van der Waals surface area contributed by atoms with Gasteiger partial charge in [0.2, 0.25) is 0 Å². The molecule has 4 heteroatoms. The summed E-state index contributed by atoms with van der Waals surface area (Å²) in [7, 11) is 1.38. The van der Waals surface area contributed by atoms with Gasteiger partial charge in [0, 0.05) is 6.08 Å². The molecule has 0 saturated heterocycles. The lowest BCUT2D eigenvalue weighted by Crippen LogP contribution is -2.14. The topological polar surface area (TPSA) is 52.6 Å². The van der Waals surface area contributed by atoms with E-state index in [0.29, 0.717) is 0 Å². The van der Waals surface area contributed by atoms with E-state index >= 15 is 0 Å². The summed E-state index contributed by atoms with van der Waals surface area (Å²) in [6, 6.07) is 0. The van der Waals surface area contributed by atoms with Crippen molar-refractivity contribution in [3.8, 4) is 0 Å². The Kier molecular flexibility index (Phi) is 4.81. The van der Waals surface area contributed by atoms with E-state index in [1.165, 1.54) is 7.11 Å². The van der Waals surface area contributed by atoms with Crippen LogP contribution in [0.15, 0.2) is 12.3 Å². The van der Waals surface area contributed by atoms with Crippen LogP contribution in [0.5, 0.6) is 0 Å². The lowest BCUT2D eigenvalue weighted by atomic mass is 10.4. The second kappa shape index (κ2) is 5.46. The van der Waals surface area contributed by atoms with E-state index in [2.05, 4.69) is 9.47 Å². The minimum atomic E-state index is -0.860. The number of hydrogen-bond acceptors (Lipinski definition) is 4. The summed E-state index contributed by atoms with van der Waals surface area (Å²) in [6.07, 6.45) is 2.14. The van der Waals surface area contributed by atoms with Gasteiger partial charge in [0.1, 0.15) is 0 Å². The van der Waals surface area contributed by atoms with Crippen molar-refractivity contribution in [1.82, 2.24) is 0 Å². The average Bonchev–Trinajstić information content (AvgIpc) is 2.00. The molecule has 0 unspecified atom stereocenters. The standard InChI is InChI=1S/C7H10O4/c1-3-11-7(9)6(8)4-5-10-2/h4-5H,3H2,1-2H3/b5-4+. The van der Waals surface area contributed by atoms with E-state index in [1.807, 2.05) is 0 Å². The highest BCUT2D eigenvalue weighted by Gasteiger charge is 2.09. The van der Waals surface area contributed by atoms with Crippen LogP contribution in [0, 0.1) is 0 Å². The smallest absolute Gasteiger partial charge is 0.379 e. The first-order valence-corrected chi connectivity index (χ1v) is 3.12. The van der Waals surface area contributed by atoms with Gasteiger partial charge in [-0.3, -0.25) is 4.79 Å². The van der Waals surface area contributed by atoms with Crippen LogP contribution in [0.2, 0.25) is 0 Å². The molecular weight excluding hydrogens is 148 g/mol. The molecule has 0 aliphatic heterocycles. The maximum atomic E-state index is 10.7. The zero-order valence-corrected chi connectivity index (χ0v) is 6.49. The van der Waals surface area contributed by atoms with Gasteiger partial charge in [-0.25, -0.2) is 4.79 Å². The lowest BCUT2D eigenvalue weighted by Gasteiger charge is -1.94. The molecule has 0 spiro atoms. The summed E-state index contributed by atoms with van der Waals surface area (Å²) < 4.78 is 8.84. The van der Waals surface area contributed by atoms with Crippen molar-refractivity contribution in [1.29, 1.82) is 0 Å². The lowest BCUT2D eigenvalue weighted by molar-refractivity contribution is -0.151. The molecule has 0 N–H and O–H groups in total. The minimum absolute atomic E-state index is 0.200. The fourth-order valence-electron chi connectivity index (χ4n) is 0.400. The summed E-state index contributed by atoms with van der Waals surface area (Å²) in [5, 5.41) is 0. The first kappa shape index (κ1) is 9.68. The van der Waals surface area contributed by atoms with Gasteiger partial charge in [-0.15, -0.1) is 0 Å². The van der Waals surface area contributed by atoms with Crippen LogP contribution in [0.4, 0.5) is 0 Å². The summed E-state index contributed by atoms with van der Waals surface area (Å²) in [5.74, 6) is -1.57. The van der Waals surface area contributed by atoms with Crippen molar-refractivity contribution in [2.45, 2.75) is 6.92 Å². The molecule has 0 aliphatic carbocycles. The molecule has 0 aromatic carbocycles. The SMILES string of the molecule is CCOC(=O)C(=O)/C=C/OC. The first-order chi connectivity index (χ1) is 5.22. The number of methoxy groups -OCH3 is 1. The largest absolute Gasteiger partial charge is 0.504 e. The molecule has 62 valence electrons. The molecule has 0 aliphatic rings. The Morgan fingerprint density at radius 2 is 2.09 bits per heavy atom. The average molecular weight is 158 g/mol. The molecule has 0 aromatic heterocycles. The van der Waals surface area contributed by atoms with Crippen LogP contribution in [0.25, 0.3) is 0 Å². The van der Waals surface area contributed by atoms with Crippen LogP contribution < -0.4 is 0 Å². The summed E-state index contributed by atoms with van der Waals surface area (Å²) >= 11 is 0.